The third-order valence-corrected chi connectivity index (χ3v) is 4.25. The van der Waals surface area contributed by atoms with Crippen LogP contribution in [0.1, 0.15) is 24.5 Å². The van der Waals surface area contributed by atoms with Crippen molar-refractivity contribution in [3.63, 3.8) is 0 Å². The number of nitrogens with one attached hydrogen (secondary N) is 2. The van der Waals surface area contributed by atoms with Gasteiger partial charge in [0.2, 0.25) is 11.8 Å². The van der Waals surface area contributed by atoms with E-state index in [0.717, 1.165) is 22.6 Å². The van der Waals surface area contributed by atoms with Crippen LogP contribution in [0.5, 0.6) is 5.75 Å². The van der Waals surface area contributed by atoms with Gasteiger partial charge in [0, 0.05) is 24.1 Å². The van der Waals surface area contributed by atoms with Gasteiger partial charge in [0.25, 0.3) is 0 Å². The van der Waals surface area contributed by atoms with Crippen molar-refractivity contribution in [3.05, 3.63) is 65.7 Å². The highest BCUT2D eigenvalue weighted by Crippen LogP contribution is 2.18. The summed E-state index contributed by atoms with van der Waals surface area (Å²) in [5, 5.41) is 6.96. The quantitative estimate of drug-likeness (QED) is 0.801. The van der Waals surface area contributed by atoms with Crippen molar-refractivity contribution >= 4 is 29.3 Å². The van der Waals surface area contributed by atoms with Crippen molar-refractivity contribution in [2.45, 2.75) is 13.3 Å². The van der Waals surface area contributed by atoms with E-state index in [1.165, 1.54) is 6.08 Å². The maximum Gasteiger partial charge on any atom is 0.248 e. The minimum Gasteiger partial charge on any atom is -0.497 e. The van der Waals surface area contributed by atoms with Gasteiger partial charge in [-0.1, -0.05) is 31.2 Å². The Labute approximate surface area is 157 Å². The number of hydrogen-bond acceptors (Lipinski definition) is 4. The molecule has 0 aromatic heterocycles. The lowest BCUT2D eigenvalue weighted by Gasteiger charge is -2.19. The molecule has 0 radical (unpaired) electrons. The number of rotatable bonds is 5. The summed E-state index contributed by atoms with van der Waals surface area (Å²) in [6, 6.07) is 14.8. The molecule has 1 aliphatic rings. The molecule has 138 valence electrons. The van der Waals surface area contributed by atoms with E-state index in [2.05, 4.69) is 15.8 Å². The zero-order valence-electron chi connectivity index (χ0n) is 15.2. The fourth-order valence-corrected chi connectivity index (χ4v) is 2.80. The lowest BCUT2D eigenvalue weighted by atomic mass is 9.94. The van der Waals surface area contributed by atoms with Crippen LogP contribution in [0.15, 0.2) is 59.7 Å². The number of methoxy groups -OCH3 is 1. The summed E-state index contributed by atoms with van der Waals surface area (Å²) in [7, 11) is 1.61. The average Bonchev–Trinajstić information content (AvgIpc) is 2.68. The molecule has 0 fully saturated rings. The van der Waals surface area contributed by atoms with E-state index in [9.17, 15) is 9.59 Å². The second kappa shape index (κ2) is 8.31. The highest BCUT2D eigenvalue weighted by Gasteiger charge is 2.21. The topological polar surface area (TPSA) is 79.8 Å². The summed E-state index contributed by atoms with van der Waals surface area (Å²) in [5.41, 5.74) is 5.88. The number of benzene rings is 2. The molecule has 2 amide bonds. The van der Waals surface area contributed by atoms with E-state index >= 15 is 0 Å². The first kappa shape index (κ1) is 18.4. The molecule has 2 N–H and O–H groups in total. The molecule has 0 saturated heterocycles. The standard InChI is InChI=1S/C21H21N3O3/c1-14-13-20(26)23-24-21(14)16-6-8-17(9-7-16)22-19(25)12-5-15-3-10-18(27-2)11-4-15/h3-12,14H,13H2,1-2H3,(H,22,25)(H,23,26)/b12-5-/t14-/m1/s1. The van der Waals surface area contributed by atoms with Crippen LogP contribution >= 0.6 is 0 Å². The van der Waals surface area contributed by atoms with Crippen LogP contribution in [0.2, 0.25) is 0 Å². The number of ether oxygens (including phenoxy) is 1. The highest BCUT2D eigenvalue weighted by atomic mass is 16.5. The third-order valence-electron chi connectivity index (χ3n) is 4.25. The van der Waals surface area contributed by atoms with Gasteiger partial charge in [0.1, 0.15) is 5.75 Å². The molecule has 0 bridgehead atoms. The van der Waals surface area contributed by atoms with Gasteiger partial charge in [-0.25, -0.2) is 5.43 Å². The van der Waals surface area contributed by atoms with Crippen LogP contribution in [0.25, 0.3) is 6.08 Å². The van der Waals surface area contributed by atoms with Gasteiger partial charge >= 0.3 is 0 Å². The normalized spacial score (nSPS) is 16.6. The molecule has 0 spiro atoms. The van der Waals surface area contributed by atoms with Crippen molar-refractivity contribution in [1.29, 1.82) is 0 Å². The number of nitrogens with zero attached hydrogens (tertiary/aromatic N) is 1. The summed E-state index contributed by atoms with van der Waals surface area (Å²) < 4.78 is 5.11. The van der Waals surface area contributed by atoms with Crippen LogP contribution in [0.3, 0.4) is 0 Å². The first-order valence-corrected chi connectivity index (χ1v) is 8.65. The summed E-state index contributed by atoms with van der Waals surface area (Å²) in [6.07, 6.45) is 3.65. The Kier molecular flexibility index (Phi) is 5.66. The predicted molar refractivity (Wildman–Crippen MR) is 106 cm³/mol. The minimum atomic E-state index is -0.214. The maximum atomic E-state index is 12.1. The molecule has 3 rings (SSSR count). The Balaban J connectivity index is 1.61. The zero-order chi connectivity index (χ0) is 19.2. The number of anilines is 1. The van der Waals surface area contributed by atoms with Crippen LogP contribution in [0.4, 0.5) is 5.69 Å². The van der Waals surface area contributed by atoms with E-state index in [1.807, 2.05) is 55.5 Å². The second-order valence-electron chi connectivity index (χ2n) is 6.31. The van der Waals surface area contributed by atoms with Crippen LogP contribution < -0.4 is 15.5 Å². The Morgan fingerprint density at radius 1 is 1.19 bits per heavy atom. The van der Waals surface area contributed by atoms with E-state index in [4.69, 9.17) is 4.74 Å². The Morgan fingerprint density at radius 2 is 1.89 bits per heavy atom. The van der Waals surface area contributed by atoms with Crippen LogP contribution in [-0.4, -0.2) is 24.6 Å². The van der Waals surface area contributed by atoms with Gasteiger partial charge in [-0.3, -0.25) is 9.59 Å². The Morgan fingerprint density at radius 3 is 2.52 bits per heavy atom. The fourth-order valence-electron chi connectivity index (χ4n) is 2.80. The smallest absolute Gasteiger partial charge is 0.248 e. The molecule has 0 aliphatic carbocycles. The molecule has 2 aromatic rings. The van der Waals surface area contributed by atoms with Gasteiger partial charge in [-0.15, -0.1) is 0 Å². The molecule has 0 saturated carbocycles. The van der Waals surface area contributed by atoms with Gasteiger partial charge in [-0.2, -0.15) is 5.10 Å². The lowest BCUT2D eigenvalue weighted by molar-refractivity contribution is -0.121. The first-order chi connectivity index (χ1) is 13.0. The number of amides is 2. The second-order valence-corrected chi connectivity index (χ2v) is 6.31. The first-order valence-electron chi connectivity index (χ1n) is 8.65. The van der Waals surface area contributed by atoms with E-state index in [0.29, 0.717) is 12.1 Å². The molecule has 0 unspecified atom stereocenters. The molecular weight excluding hydrogens is 342 g/mol. The molecule has 1 heterocycles. The van der Waals surface area contributed by atoms with Gasteiger partial charge in [0.05, 0.1) is 12.8 Å². The molecule has 1 atom stereocenters. The highest BCUT2D eigenvalue weighted by molar-refractivity contribution is 6.06. The molecule has 6 nitrogen and oxygen atoms in total. The average molecular weight is 363 g/mol. The molecule has 1 aliphatic heterocycles. The molecular formula is C21H21N3O3. The summed E-state index contributed by atoms with van der Waals surface area (Å²) in [4.78, 5) is 23.4. The summed E-state index contributed by atoms with van der Waals surface area (Å²) in [6.45, 7) is 1.97. The molecule has 27 heavy (non-hydrogen) atoms. The van der Waals surface area contributed by atoms with E-state index in [-0.39, 0.29) is 17.7 Å². The van der Waals surface area contributed by atoms with Gasteiger partial charge in [-0.05, 0) is 41.5 Å². The number of hydrogen-bond donors (Lipinski definition) is 2. The predicted octanol–water partition coefficient (Wildman–Crippen LogP) is 3.21. The largest absolute Gasteiger partial charge is 0.497 e. The van der Waals surface area contributed by atoms with Gasteiger partial charge < -0.3 is 10.1 Å². The van der Waals surface area contributed by atoms with Crippen molar-refractivity contribution in [3.8, 4) is 5.75 Å². The maximum absolute atomic E-state index is 12.1. The van der Waals surface area contributed by atoms with Crippen molar-refractivity contribution in [2.24, 2.45) is 11.0 Å². The Bertz CT molecular complexity index is 884. The van der Waals surface area contributed by atoms with Crippen molar-refractivity contribution in [2.75, 3.05) is 12.4 Å². The van der Waals surface area contributed by atoms with Crippen LogP contribution in [-0.2, 0) is 9.59 Å². The van der Waals surface area contributed by atoms with E-state index < -0.39 is 0 Å². The molecule has 6 heteroatoms. The summed E-state index contributed by atoms with van der Waals surface area (Å²) in [5.74, 6) is 0.549. The Hall–Kier alpha value is -3.41. The monoisotopic (exact) mass is 363 g/mol. The third kappa shape index (κ3) is 4.82. The lowest BCUT2D eigenvalue weighted by Crippen LogP contribution is -2.31. The van der Waals surface area contributed by atoms with Crippen molar-refractivity contribution in [1.82, 2.24) is 5.43 Å². The summed E-state index contributed by atoms with van der Waals surface area (Å²) >= 11 is 0. The number of hydrazone groups is 1. The van der Waals surface area contributed by atoms with Gasteiger partial charge in [0.15, 0.2) is 0 Å². The van der Waals surface area contributed by atoms with Crippen LogP contribution in [0, 0.1) is 5.92 Å². The number of carbonyl (C=O) groups is 2. The number of carbonyl (C=O) groups excluding carboxylic acids is 2. The fraction of sp³-hybridized carbons (Fsp3) is 0.190. The molecule has 2 aromatic carbocycles. The minimum absolute atomic E-state index is 0.0617. The van der Waals surface area contributed by atoms with E-state index in [1.54, 1.807) is 13.2 Å². The zero-order valence-corrected chi connectivity index (χ0v) is 15.2. The SMILES string of the molecule is COc1ccc(/C=C\C(=O)Nc2ccc(C3=NNC(=O)C[C@H]3C)cc2)cc1. The van der Waals surface area contributed by atoms with Crippen molar-refractivity contribution < 1.29 is 14.3 Å².